The highest BCUT2D eigenvalue weighted by atomic mass is 16.5. The van der Waals surface area contributed by atoms with E-state index in [2.05, 4.69) is 6.92 Å². The number of ether oxygens (including phenoxy) is 1. The van der Waals surface area contributed by atoms with Gasteiger partial charge < -0.3 is 24.5 Å². The van der Waals surface area contributed by atoms with E-state index in [4.69, 9.17) is 4.74 Å². The first kappa shape index (κ1) is 25.9. The highest BCUT2D eigenvalue weighted by Crippen LogP contribution is 2.58. The molecule has 1 spiro atoms. The monoisotopic (exact) mass is 487 g/mol. The van der Waals surface area contributed by atoms with E-state index in [9.17, 15) is 19.5 Å². The van der Waals surface area contributed by atoms with Gasteiger partial charge in [0.25, 0.3) is 0 Å². The molecule has 0 bridgehead atoms. The number of carbonyl (C=O) groups is 3. The number of likely N-dealkylation sites (N-methyl/N-ethyl adjacent to an activating group) is 1. The summed E-state index contributed by atoms with van der Waals surface area (Å²) < 4.78 is 6.80. The number of fused-ring (bicyclic) bond motifs is 2. The second-order valence-corrected chi connectivity index (χ2v) is 11.0. The molecule has 8 atom stereocenters. The number of rotatable bonds is 7. The zero-order valence-corrected chi connectivity index (χ0v) is 21.9. The molecule has 35 heavy (non-hydrogen) atoms. The molecule has 194 valence electrons. The summed E-state index contributed by atoms with van der Waals surface area (Å²) in [5, 5.41) is 10.4. The van der Waals surface area contributed by atoms with Crippen LogP contribution in [0.4, 0.5) is 0 Å². The lowest BCUT2D eigenvalue weighted by molar-refractivity contribution is -0.157. The van der Waals surface area contributed by atoms with Crippen molar-refractivity contribution < 1.29 is 24.2 Å². The van der Waals surface area contributed by atoms with Crippen LogP contribution >= 0.6 is 0 Å². The highest BCUT2D eigenvalue weighted by molar-refractivity contribution is 6.00. The van der Waals surface area contributed by atoms with E-state index in [0.717, 1.165) is 19.3 Å². The Hall–Kier alpha value is -2.19. The molecule has 0 aromatic carbocycles. The summed E-state index contributed by atoms with van der Waals surface area (Å²) >= 11 is 0. The van der Waals surface area contributed by atoms with Gasteiger partial charge in [0, 0.05) is 26.2 Å². The summed E-state index contributed by atoms with van der Waals surface area (Å²) in [6.45, 7) is 10.6. The summed E-state index contributed by atoms with van der Waals surface area (Å²) in [5.74, 6) is -2.21. The first-order valence-electron chi connectivity index (χ1n) is 13.1. The van der Waals surface area contributed by atoms with E-state index in [0.29, 0.717) is 13.1 Å². The Morgan fingerprint density at radius 1 is 1.06 bits per heavy atom. The maximum Gasteiger partial charge on any atom is 0.249 e. The number of amides is 3. The van der Waals surface area contributed by atoms with Crippen LogP contribution in [0, 0.1) is 17.8 Å². The van der Waals surface area contributed by atoms with Gasteiger partial charge in [-0.25, -0.2) is 0 Å². The molecule has 0 aromatic heterocycles. The Balaban J connectivity index is 1.90. The van der Waals surface area contributed by atoms with E-state index in [-0.39, 0.29) is 36.3 Å². The molecule has 0 aromatic rings. The standard InChI is InChI=1S/C27H41N3O5/c1-7-11-18(4)29-15-10-13-27-21(20-23(32)28(6)14-9-12-26(20,5)35-27)24(33)30(22(27)25(29)34)19(16-31)17(3)8-2/h9-10,12-13,17-22,31H,7-8,11,14-16H2,1-6H3/t17-,18?,19-,20-,21-,22?,26+,27-/m0/s1. The summed E-state index contributed by atoms with van der Waals surface area (Å²) in [4.78, 5) is 47.3. The van der Waals surface area contributed by atoms with Crippen molar-refractivity contribution in [3.63, 3.8) is 0 Å². The topological polar surface area (TPSA) is 90.4 Å². The zero-order chi connectivity index (χ0) is 25.7. The fourth-order valence-corrected chi connectivity index (χ4v) is 6.74. The summed E-state index contributed by atoms with van der Waals surface area (Å²) in [5.41, 5.74) is -2.28. The van der Waals surface area contributed by atoms with Gasteiger partial charge in [0.2, 0.25) is 17.7 Å². The number of nitrogens with zero attached hydrogens (tertiary/aromatic N) is 3. The van der Waals surface area contributed by atoms with Gasteiger partial charge in [-0.1, -0.05) is 57.9 Å². The van der Waals surface area contributed by atoms with Gasteiger partial charge in [-0.05, 0) is 26.2 Å². The number of hydrogen-bond acceptors (Lipinski definition) is 5. The van der Waals surface area contributed by atoms with Gasteiger partial charge in [-0.3, -0.25) is 14.4 Å². The molecule has 0 radical (unpaired) electrons. The third kappa shape index (κ3) is 3.75. The number of hydrogen-bond donors (Lipinski definition) is 1. The van der Waals surface area contributed by atoms with Crippen LogP contribution in [0.25, 0.3) is 0 Å². The van der Waals surface area contributed by atoms with Gasteiger partial charge in [-0.15, -0.1) is 0 Å². The van der Waals surface area contributed by atoms with Gasteiger partial charge >= 0.3 is 0 Å². The molecule has 8 heteroatoms. The molecule has 2 fully saturated rings. The van der Waals surface area contributed by atoms with Gasteiger partial charge in [0.15, 0.2) is 0 Å². The van der Waals surface area contributed by atoms with Gasteiger partial charge in [-0.2, -0.15) is 0 Å². The van der Waals surface area contributed by atoms with Crippen LogP contribution in [0.2, 0.25) is 0 Å². The normalized spacial score (nSPS) is 37.1. The molecule has 3 amide bonds. The van der Waals surface area contributed by atoms with Crippen molar-refractivity contribution in [3.8, 4) is 0 Å². The smallest absolute Gasteiger partial charge is 0.249 e. The molecule has 2 unspecified atom stereocenters. The van der Waals surface area contributed by atoms with Crippen molar-refractivity contribution in [2.24, 2.45) is 17.8 Å². The van der Waals surface area contributed by atoms with Gasteiger partial charge in [0.1, 0.15) is 11.6 Å². The van der Waals surface area contributed by atoms with Crippen LogP contribution in [-0.4, -0.2) is 93.6 Å². The molecule has 4 heterocycles. The lowest BCUT2D eigenvalue weighted by Gasteiger charge is -2.42. The molecular formula is C27H41N3O5. The third-order valence-corrected chi connectivity index (χ3v) is 8.81. The van der Waals surface area contributed by atoms with Crippen molar-refractivity contribution >= 4 is 17.7 Å². The van der Waals surface area contributed by atoms with E-state index >= 15 is 0 Å². The fourth-order valence-electron chi connectivity index (χ4n) is 6.74. The number of aliphatic hydroxyl groups excluding tert-OH is 1. The summed E-state index contributed by atoms with van der Waals surface area (Å²) in [6.07, 6.45) is 10.1. The average Bonchev–Trinajstić information content (AvgIpc) is 3.09. The SMILES string of the molecule is CCCC(C)N1CC=C[C@]23O[C@]4(C)C=CCN(C)C(=O)[C@@H]4[C@H]2C(=O)N([C@@H](CO)[C@@H](C)CC)C3C1=O. The number of aliphatic hydroxyl groups is 1. The maximum atomic E-state index is 14.3. The molecule has 4 rings (SSSR count). The molecular weight excluding hydrogens is 446 g/mol. The van der Waals surface area contributed by atoms with Crippen LogP contribution in [0.3, 0.4) is 0 Å². The van der Waals surface area contributed by atoms with E-state index < -0.39 is 35.1 Å². The Morgan fingerprint density at radius 2 is 1.74 bits per heavy atom. The van der Waals surface area contributed by atoms with Crippen LogP contribution in [0.1, 0.15) is 53.9 Å². The molecule has 0 aliphatic carbocycles. The van der Waals surface area contributed by atoms with Crippen LogP contribution in [0.5, 0.6) is 0 Å². The van der Waals surface area contributed by atoms with Crippen molar-refractivity contribution in [2.45, 2.75) is 83.2 Å². The van der Waals surface area contributed by atoms with Crippen molar-refractivity contribution in [2.75, 3.05) is 26.7 Å². The van der Waals surface area contributed by atoms with Crippen LogP contribution in [-0.2, 0) is 19.1 Å². The lowest BCUT2D eigenvalue weighted by atomic mass is 9.74. The first-order chi connectivity index (χ1) is 16.6. The second kappa shape index (κ2) is 9.36. The fraction of sp³-hybridized carbons (Fsp3) is 0.741. The van der Waals surface area contributed by atoms with Crippen molar-refractivity contribution in [1.82, 2.24) is 14.7 Å². The first-order valence-corrected chi connectivity index (χ1v) is 13.1. The number of likely N-dealkylation sites (tertiary alicyclic amines) is 1. The number of carbonyl (C=O) groups excluding carboxylic acids is 3. The Labute approximate surface area is 208 Å². The Bertz CT molecular complexity index is 934. The summed E-state index contributed by atoms with van der Waals surface area (Å²) in [7, 11) is 1.73. The lowest BCUT2D eigenvalue weighted by Crippen LogP contribution is -2.60. The molecule has 2 saturated heterocycles. The Kier molecular flexibility index (Phi) is 6.92. The van der Waals surface area contributed by atoms with Crippen molar-refractivity contribution in [1.29, 1.82) is 0 Å². The largest absolute Gasteiger partial charge is 0.394 e. The third-order valence-electron chi connectivity index (χ3n) is 8.81. The molecule has 4 aliphatic heterocycles. The minimum atomic E-state index is -1.27. The minimum absolute atomic E-state index is 0.00499. The van der Waals surface area contributed by atoms with E-state index in [1.807, 2.05) is 56.9 Å². The molecule has 4 aliphatic rings. The zero-order valence-electron chi connectivity index (χ0n) is 21.9. The Morgan fingerprint density at radius 3 is 2.37 bits per heavy atom. The van der Waals surface area contributed by atoms with Gasteiger partial charge in [0.05, 0.1) is 30.1 Å². The molecule has 8 nitrogen and oxygen atoms in total. The molecule has 0 saturated carbocycles. The predicted molar refractivity (Wildman–Crippen MR) is 132 cm³/mol. The molecule has 1 N–H and O–H groups in total. The summed E-state index contributed by atoms with van der Waals surface area (Å²) in [6, 6.07) is -1.48. The van der Waals surface area contributed by atoms with Crippen LogP contribution < -0.4 is 0 Å². The quantitative estimate of drug-likeness (QED) is 0.555. The highest BCUT2D eigenvalue weighted by Gasteiger charge is 2.75. The minimum Gasteiger partial charge on any atom is -0.394 e. The average molecular weight is 488 g/mol. The van der Waals surface area contributed by atoms with E-state index in [1.54, 1.807) is 16.8 Å². The van der Waals surface area contributed by atoms with E-state index in [1.165, 1.54) is 0 Å². The second-order valence-electron chi connectivity index (χ2n) is 11.0. The predicted octanol–water partition coefficient (Wildman–Crippen LogP) is 1.98. The maximum absolute atomic E-state index is 14.3. The van der Waals surface area contributed by atoms with Crippen molar-refractivity contribution in [3.05, 3.63) is 24.3 Å². The van der Waals surface area contributed by atoms with Crippen LogP contribution in [0.15, 0.2) is 24.3 Å².